The van der Waals surface area contributed by atoms with Crippen molar-refractivity contribution in [1.82, 2.24) is 0 Å². The Balaban J connectivity index is 0.000000771. The van der Waals surface area contributed by atoms with Gasteiger partial charge in [0.25, 0.3) is 0 Å². The number of carbonyl (C=O) groups is 1. The molecular formula is C13H15F3O2. The lowest BCUT2D eigenvalue weighted by atomic mass is 9.99. The van der Waals surface area contributed by atoms with Gasteiger partial charge in [-0.05, 0) is 23.1 Å². The van der Waals surface area contributed by atoms with Gasteiger partial charge in [0, 0.05) is 6.42 Å². The number of hydrogen-bond acceptors (Lipinski definition) is 2. The Hall–Kier alpha value is -1.52. The van der Waals surface area contributed by atoms with Crippen molar-refractivity contribution in [1.29, 1.82) is 0 Å². The molecule has 0 bridgehead atoms. The second kappa shape index (κ2) is 5.42. The number of halogens is 3. The van der Waals surface area contributed by atoms with Gasteiger partial charge in [-0.3, -0.25) is 0 Å². The van der Waals surface area contributed by atoms with Crippen LogP contribution < -0.4 is 4.74 Å². The summed E-state index contributed by atoms with van der Waals surface area (Å²) in [5, 5.41) is 0. The highest BCUT2D eigenvalue weighted by Crippen LogP contribution is 2.37. The van der Waals surface area contributed by atoms with E-state index in [1.54, 1.807) is 6.07 Å². The Morgan fingerprint density at radius 3 is 2.44 bits per heavy atom. The van der Waals surface area contributed by atoms with Crippen LogP contribution in [-0.2, 0) is 11.2 Å². The highest BCUT2D eigenvalue weighted by atomic mass is 19.4. The zero-order valence-corrected chi connectivity index (χ0v) is 10.3. The molecule has 1 aliphatic heterocycles. The third-order valence-corrected chi connectivity index (χ3v) is 2.79. The summed E-state index contributed by atoms with van der Waals surface area (Å²) in [5.41, 5.74) is 1.71. The maximum Gasteiger partial charge on any atom is 0.425 e. The first-order chi connectivity index (χ1) is 8.38. The van der Waals surface area contributed by atoms with E-state index in [9.17, 15) is 13.2 Å². The van der Waals surface area contributed by atoms with Crippen LogP contribution in [0.5, 0.6) is 5.75 Å². The molecule has 100 valence electrons. The molecule has 0 aliphatic carbocycles. The van der Waals surface area contributed by atoms with Crippen molar-refractivity contribution in [2.24, 2.45) is 0 Å². The van der Waals surface area contributed by atoms with Crippen LogP contribution in [0.4, 0.5) is 13.2 Å². The second-order valence-corrected chi connectivity index (χ2v) is 4.37. The highest BCUT2D eigenvalue weighted by molar-refractivity contribution is 5.41. The quantitative estimate of drug-likeness (QED) is 0.772. The standard InChI is InChI=1S/C12H13F3O.CH2O/c1-7(2)8-3-4-10-9(5-8)6-11(16-10)12(13,14)15;1-2/h3-5,7,11H,6H2,1-2H3;1H2. The van der Waals surface area contributed by atoms with Crippen LogP contribution in [0.2, 0.25) is 0 Å². The van der Waals surface area contributed by atoms with Gasteiger partial charge in [-0.2, -0.15) is 13.2 Å². The summed E-state index contributed by atoms with van der Waals surface area (Å²) < 4.78 is 42.3. The number of alkyl halides is 3. The van der Waals surface area contributed by atoms with Gasteiger partial charge in [0.1, 0.15) is 12.5 Å². The van der Waals surface area contributed by atoms with E-state index in [1.807, 2.05) is 32.8 Å². The molecule has 2 nitrogen and oxygen atoms in total. The van der Waals surface area contributed by atoms with Crippen molar-refractivity contribution in [3.63, 3.8) is 0 Å². The first-order valence-electron chi connectivity index (χ1n) is 5.53. The molecule has 0 N–H and O–H groups in total. The largest absolute Gasteiger partial charge is 0.480 e. The lowest BCUT2D eigenvalue weighted by Crippen LogP contribution is -2.32. The predicted octanol–water partition coefficient (Wildman–Crippen LogP) is 3.49. The average Bonchev–Trinajstić information content (AvgIpc) is 2.73. The van der Waals surface area contributed by atoms with Crippen molar-refractivity contribution < 1.29 is 22.7 Å². The van der Waals surface area contributed by atoms with Crippen molar-refractivity contribution >= 4 is 6.79 Å². The smallest absolute Gasteiger partial charge is 0.425 e. The Labute approximate surface area is 104 Å². The van der Waals surface area contributed by atoms with E-state index in [4.69, 9.17) is 9.53 Å². The van der Waals surface area contributed by atoms with E-state index in [2.05, 4.69) is 0 Å². The van der Waals surface area contributed by atoms with Gasteiger partial charge >= 0.3 is 6.18 Å². The first kappa shape index (κ1) is 14.5. The van der Waals surface area contributed by atoms with Gasteiger partial charge in [0.2, 0.25) is 0 Å². The van der Waals surface area contributed by atoms with Crippen LogP contribution in [0.3, 0.4) is 0 Å². The first-order valence-corrected chi connectivity index (χ1v) is 5.53. The number of hydrogen-bond donors (Lipinski definition) is 0. The van der Waals surface area contributed by atoms with Gasteiger partial charge in [0.15, 0.2) is 6.10 Å². The normalized spacial score (nSPS) is 17.8. The van der Waals surface area contributed by atoms with Crippen LogP contribution in [0.15, 0.2) is 18.2 Å². The molecule has 2 rings (SSSR count). The molecule has 1 aromatic rings. The molecule has 1 aromatic carbocycles. The van der Waals surface area contributed by atoms with Crippen LogP contribution in [0.1, 0.15) is 30.9 Å². The van der Waals surface area contributed by atoms with Gasteiger partial charge < -0.3 is 9.53 Å². The van der Waals surface area contributed by atoms with E-state index in [1.165, 1.54) is 0 Å². The summed E-state index contributed by atoms with van der Waals surface area (Å²) >= 11 is 0. The molecule has 1 unspecified atom stereocenters. The predicted molar refractivity (Wildman–Crippen MR) is 61.8 cm³/mol. The maximum absolute atomic E-state index is 12.5. The van der Waals surface area contributed by atoms with Crippen LogP contribution in [0.25, 0.3) is 0 Å². The van der Waals surface area contributed by atoms with Crippen LogP contribution in [0, 0.1) is 0 Å². The number of fused-ring (bicyclic) bond motifs is 1. The molecule has 5 heteroatoms. The Kier molecular flexibility index (Phi) is 4.38. The SMILES string of the molecule is C=O.CC(C)c1ccc2c(c1)CC(C(F)(F)F)O2. The number of carbonyl (C=O) groups excluding carboxylic acids is 1. The Morgan fingerprint density at radius 1 is 1.33 bits per heavy atom. The molecule has 0 fully saturated rings. The summed E-state index contributed by atoms with van der Waals surface area (Å²) in [5.74, 6) is 0.682. The molecule has 1 aliphatic rings. The molecule has 1 heterocycles. The van der Waals surface area contributed by atoms with Crippen molar-refractivity contribution in [2.45, 2.75) is 38.5 Å². The zero-order valence-electron chi connectivity index (χ0n) is 10.3. The third-order valence-electron chi connectivity index (χ3n) is 2.79. The van der Waals surface area contributed by atoms with E-state index < -0.39 is 12.3 Å². The summed E-state index contributed by atoms with van der Waals surface area (Å²) in [7, 11) is 0. The molecule has 0 saturated heterocycles. The highest BCUT2D eigenvalue weighted by Gasteiger charge is 2.45. The lowest BCUT2D eigenvalue weighted by Gasteiger charge is -2.13. The maximum atomic E-state index is 12.5. The lowest BCUT2D eigenvalue weighted by molar-refractivity contribution is -0.189. The summed E-state index contributed by atoms with van der Waals surface area (Å²) in [4.78, 5) is 8.00. The fourth-order valence-electron chi connectivity index (χ4n) is 1.81. The van der Waals surface area contributed by atoms with Gasteiger partial charge in [-0.1, -0.05) is 26.0 Å². The van der Waals surface area contributed by atoms with Crippen molar-refractivity contribution in [2.75, 3.05) is 0 Å². The van der Waals surface area contributed by atoms with Crippen LogP contribution >= 0.6 is 0 Å². The minimum atomic E-state index is -4.28. The van der Waals surface area contributed by atoms with Gasteiger partial charge in [-0.25, -0.2) is 0 Å². The van der Waals surface area contributed by atoms with E-state index in [0.717, 1.165) is 5.56 Å². The Bertz CT molecular complexity index is 413. The van der Waals surface area contributed by atoms with E-state index in [0.29, 0.717) is 17.2 Å². The summed E-state index contributed by atoms with van der Waals surface area (Å²) in [6, 6.07) is 5.27. The van der Waals surface area contributed by atoms with Crippen molar-refractivity contribution in [3.05, 3.63) is 29.3 Å². The summed E-state index contributed by atoms with van der Waals surface area (Å²) in [6.45, 7) is 6.03. The molecule has 0 aromatic heterocycles. The van der Waals surface area contributed by atoms with Crippen molar-refractivity contribution in [3.8, 4) is 5.75 Å². The average molecular weight is 260 g/mol. The molecule has 0 spiro atoms. The molecular weight excluding hydrogens is 245 g/mol. The molecule has 0 amide bonds. The minimum absolute atomic E-state index is 0.0700. The summed E-state index contributed by atoms with van der Waals surface area (Å²) in [6.07, 6.45) is -6.03. The fraction of sp³-hybridized carbons (Fsp3) is 0.462. The molecule has 0 radical (unpaired) electrons. The minimum Gasteiger partial charge on any atom is -0.480 e. The zero-order chi connectivity index (χ0) is 13.9. The van der Waals surface area contributed by atoms with E-state index >= 15 is 0 Å². The van der Waals surface area contributed by atoms with Gasteiger partial charge in [-0.15, -0.1) is 0 Å². The number of rotatable bonds is 1. The Morgan fingerprint density at radius 2 is 1.94 bits per heavy atom. The molecule has 1 atom stereocenters. The second-order valence-electron chi connectivity index (χ2n) is 4.37. The molecule has 18 heavy (non-hydrogen) atoms. The fourth-order valence-corrected chi connectivity index (χ4v) is 1.81. The number of benzene rings is 1. The van der Waals surface area contributed by atoms with E-state index in [-0.39, 0.29) is 6.42 Å². The van der Waals surface area contributed by atoms with Crippen LogP contribution in [-0.4, -0.2) is 19.1 Å². The van der Waals surface area contributed by atoms with Gasteiger partial charge in [0.05, 0.1) is 0 Å². The number of ether oxygens (including phenoxy) is 1. The topological polar surface area (TPSA) is 26.3 Å². The monoisotopic (exact) mass is 260 g/mol. The third kappa shape index (κ3) is 3.03. The molecule has 0 saturated carbocycles.